The van der Waals surface area contributed by atoms with Gasteiger partial charge in [-0.1, -0.05) is 24.3 Å². The highest BCUT2D eigenvalue weighted by atomic mass is 14.3. The van der Waals surface area contributed by atoms with Crippen LogP contribution in [0.4, 0.5) is 0 Å². The van der Waals surface area contributed by atoms with E-state index >= 15 is 0 Å². The third-order valence-corrected chi connectivity index (χ3v) is 5.84. The first-order valence-electron chi connectivity index (χ1n) is 8.90. The molecule has 0 saturated heterocycles. The van der Waals surface area contributed by atoms with Gasteiger partial charge in [-0.3, -0.25) is 0 Å². The van der Waals surface area contributed by atoms with E-state index in [1.807, 2.05) is 0 Å². The van der Waals surface area contributed by atoms with Crippen molar-refractivity contribution >= 4 is 21.5 Å². The van der Waals surface area contributed by atoms with E-state index < -0.39 is 0 Å². The van der Waals surface area contributed by atoms with Crippen LogP contribution in [-0.2, 0) is 25.7 Å². The van der Waals surface area contributed by atoms with Crippen LogP contribution in [-0.4, -0.2) is 0 Å². The van der Waals surface area contributed by atoms with Gasteiger partial charge < -0.3 is 0 Å². The van der Waals surface area contributed by atoms with E-state index in [2.05, 4.69) is 36.4 Å². The Morgan fingerprint density at radius 1 is 0.500 bits per heavy atom. The van der Waals surface area contributed by atoms with Crippen LogP contribution in [0.2, 0.25) is 0 Å². The van der Waals surface area contributed by atoms with E-state index in [1.54, 1.807) is 33.0 Å². The molecule has 0 aromatic heterocycles. The molecule has 0 fully saturated rings. The molecule has 0 heterocycles. The van der Waals surface area contributed by atoms with E-state index in [1.165, 1.54) is 62.1 Å². The smallest absolute Gasteiger partial charge is 0.0140 e. The lowest BCUT2D eigenvalue weighted by atomic mass is 9.77. The monoisotopic (exact) mass is 286 g/mol. The maximum atomic E-state index is 2.48. The second kappa shape index (κ2) is 4.84. The van der Waals surface area contributed by atoms with E-state index in [4.69, 9.17) is 0 Å². The van der Waals surface area contributed by atoms with Crippen molar-refractivity contribution in [2.75, 3.05) is 0 Å². The molecule has 0 radical (unpaired) electrons. The molecule has 0 bridgehead atoms. The first-order valence-corrected chi connectivity index (χ1v) is 8.90. The zero-order valence-corrected chi connectivity index (χ0v) is 13.1. The third kappa shape index (κ3) is 1.76. The molecule has 0 atom stereocenters. The fourth-order valence-electron chi connectivity index (χ4n) is 4.81. The van der Waals surface area contributed by atoms with E-state index in [0.29, 0.717) is 0 Å². The average Bonchev–Trinajstić information content (AvgIpc) is 2.61. The summed E-state index contributed by atoms with van der Waals surface area (Å²) < 4.78 is 0. The lowest BCUT2D eigenvalue weighted by molar-refractivity contribution is 0.647. The Labute approximate surface area is 132 Å². The summed E-state index contributed by atoms with van der Waals surface area (Å²) in [7, 11) is 0. The highest BCUT2D eigenvalue weighted by Crippen LogP contribution is 2.40. The topological polar surface area (TPSA) is 0 Å². The maximum absolute atomic E-state index is 2.48. The Kier molecular flexibility index (Phi) is 2.80. The molecule has 0 unspecified atom stereocenters. The predicted octanol–water partition coefficient (Wildman–Crippen LogP) is 5.75. The Morgan fingerprint density at radius 2 is 0.909 bits per heavy atom. The van der Waals surface area contributed by atoms with E-state index in [-0.39, 0.29) is 0 Å². The summed E-state index contributed by atoms with van der Waals surface area (Å²) in [6, 6.07) is 13.8. The van der Waals surface area contributed by atoms with Crippen molar-refractivity contribution in [3.63, 3.8) is 0 Å². The van der Waals surface area contributed by atoms with Gasteiger partial charge >= 0.3 is 0 Å². The van der Waals surface area contributed by atoms with Crippen molar-refractivity contribution in [3.8, 4) is 0 Å². The second-order valence-electron chi connectivity index (χ2n) is 7.07. The van der Waals surface area contributed by atoms with Crippen LogP contribution in [0.3, 0.4) is 0 Å². The molecule has 3 aromatic carbocycles. The van der Waals surface area contributed by atoms with Crippen LogP contribution >= 0.6 is 0 Å². The largest absolute Gasteiger partial charge is 0.0616 e. The van der Waals surface area contributed by atoms with Gasteiger partial charge in [-0.25, -0.2) is 0 Å². The third-order valence-electron chi connectivity index (χ3n) is 5.84. The predicted molar refractivity (Wildman–Crippen MR) is 94.7 cm³/mol. The number of hydrogen-bond donors (Lipinski definition) is 0. The summed E-state index contributed by atoms with van der Waals surface area (Å²) >= 11 is 0. The van der Waals surface area contributed by atoms with E-state index in [0.717, 1.165) is 0 Å². The van der Waals surface area contributed by atoms with Crippen LogP contribution in [0, 0.1) is 0 Å². The lowest BCUT2D eigenvalue weighted by Crippen LogP contribution is -2.13. The van der Waals surface area contributed by atoms with Crippen LogP contribution in [0.15, 0.2) is 36.4 Å². The SMILES string of the molecule is c1ccc2cc3c4c(c5c(c3cc2c1)CCCC5)CCCC4. The van der Waals surface area contributed by atoms with E-state index in [9.17, 15) is 0 Å². The fourth-order valence-corrected chi connectivity index (χ4v) is 4.81. The van der Waals surface area contributed by atoms with Crippen LogP contribution in [0.25, 0.3) is 21.5 Å². The zero-order valence-electron chi connectivity index (χ0n) is 13.1. The molecule has 0 spiro atoms. The summed E-state index contributed by atoms with van der Waals surface area (Å²) in [4.78, 5) is 0. The molecular formula is C22H22. The van der Waals surface area contributed by atoms with Crippen molar-refractivity contribution in [2.24, 2.45) is 0 Å². The molecule has 2 aliphatic carbocycles. The molecule has 0 N–H and O–H groups in total. The minimum Gasteiger partial charge on any atom is -0.0616 e. The van der Waals surface area contributed by atoms with Crippen molar-refractivity contribution in [1.82, 2.24) is 0 Å². The van der Waals surface area contributed by atoms with Gasteiger partial charge in [-0.15, -0.1) is 0 Å². The van der Waals surface area contributed by atoms with Gasteiger partial charge in [0.25, 0.3) is 0 Å². The lowest BCUT2D eigenvalue weighted by Gasteiger charge is -2.28. The number of aryl methyl sites for hydroxylation is 2. The second-order valence-corrected chi connectivity index (χ2v) is 7.07. The van der Waals surface area contributed by atoms with Gasteiger partial charge in [0.1, 0.15) is 0 Å². The van der Waals surface area contributed by atoms with Gasteiger partial charge in [0, 0.05) is 0 Å². The molecule has 0 heteroatoms. The number of rotatable bonds is 0. The Morgan fingerprint density at radius 3 is 1.36 bits per heavy atom. The number of benzene rings is 3. The Balaban J connectivity index is 1.95. The summed E-state index contributed by atoms with van der Waals surface area (Å²) in [6.07, 6.45) is 10.7. The first kappa shape index (κ1) is 12.7. The van der Waals surface area contributed by atoms with Crippen molar-refractivity contribution in [3.05, 3.63) is 58.7 Å². The molecule has 0 saturated carbocycles. The van der Waals surface area contributed by atoms with Gasteiger partial charge in [0.05, 0.1) is 0 Å². The number of hydrogen-bond acceptors (Lipinski definition) is 0. The summed E-state index contributed by atoms with van der Waals surface area (Å²) in [6.45, 7) is 0. The molecular weight excluding hydrogens is 264 g/mol. The number of fused-ring (bicyclic) bond motifs is 7. The molecule has 22 heavy (non-hydrogen) atoms. The highest BCUT2D eigenvalue weighted by molar-refractivity contribution is 6.02. The molecule has 2 aliphatic rings. The average molecular weight is 286 g/mol. The molecule has 3 aromatic rings. The van der Waals surface area contributed by atoms with Gasteiger partial charge in [-0.2, -0.15) is 0 Å². The van der Waals surface area contributed by atoms with Crippen molar-refractivity contribution in [1.29, 1.82) is 0 Å². The molecule has 5 rings (SSSR count). The first-order chi connectivity index (χ1) is 10.9. The van der Waals surface area contributed by atoms with Crippen LogP contribution in [0.1, 0.15) is 47.9 Å². The maximum Gasteiger partial charge on any atom is -0.0140 e. The summed E-state index contributed by atoms with van der Waals surface area (Å²) in [5.74, 6) is 0. The minimum atomic E-state index is 1.29. The molecule has 110 valence electrons. The quantitative estimate of drug-likeness (QED) is 0.461. The zero-order chi connectivity index (χ0) is 14.5. The van der Waals surface area contributed by atoms with Gasteiger partial charge in [0.15, 0.2) is 0 Å². The summed E-state index contributed by atoms with van der Waals surface area (Å²) in [5, 5.41) is 5.93. The fraction of sp³-hybridized carbons (Fsp3) is 0.364. The van der Waals surface area contributed by atoms with Gasteiger partial charge in [-0.05, 0) is 107 Å². The standard InChI is InChI=1S/C22H22/c1-2-8-16-14-22-20-12-6-4-10-18(20)17-9-3-5-11-19(17)21(22)13-15(16)7-1/h1-2,7-8,13-14H,3-6,9-12H2. The Bertz CT molecular complexity index is 812. The molecule has 0 amide bonds. The van der Waals surface area contributed by atoms with Crippen molar-refractivity contribution in [2.45, 2.75) is 51.4 Å². The van der Waals surface area contributed by atoms with Crippen molar-refractivity contribution < 1.29 is 0 Å². The summed E-state index contributed by atoms with van der Waals surface area (Å²) in [5.41, 5.74) is 6.85. The molecule has 0 nitrogen and oxygen atoms in total. The van der Waals surface area contributed by atoms with Crippen LogP contribution < -0.4 is 0 Å². The highest BCUT2D eigenvalue weighted by Gasteiger charge is 2.23. The minimum absolute atomic E-state index is 1.29. The molecule has 0 aliphatic heterocycles. The van der Waals surface area contributed by atoms with Gasteiger partial charge in [0.2, 0.25) is 0 Å². The normalized spacial score (nSPS) is 17.5. The Hall–Kier alpha value is -1.82. The van der Waals surface area contributed by atoms with Crippen LogP contribution in [0.5, 0.6) is 0 Å².